The Morgan fingerprint density at radius 2 is 1.71 bits per heavy atom. The van der Waals surface area contributed by atoms with Gasteiger partial charge in [-0.3, -0.25) is 9.59 Å². The zero-order valence-electron chi connectivity index (χ0n) is 18.5. The fourth-order valence-electron chi connectivity index (χ4n) is 3.27. The van der Waals surface area contributed by atoms with Gasteiger partial charge in [-0.25, -0.2) is 0 Å². The first-order valence-electron chi connectivity index (χ1n) is 10.1. The lowest BCUT2D eigenvalue weighted by Gasteiger charge is -2.26. The van der Waals surface area contributed by atoms with Crippen molar-refractivity contribution in [2.45, 2.75) is 33.1 Å². The van der Waals surface area contributed by atoms with Crippen molar-refractivity contribution in [3.63, 3.8) is 0 Å². The Bertz CT molecular complexity index is 915. The van der Waals surface area contributed by atoms with Gasteiger partial charge < -0.3 is 19.3 Å². The molecular weight excluding hydrogens is 396 g/mol. The fraction of sp³-hybridized carbons (Fsp3) is 0.360. The number of ether oxygens (including phenoxy) is 3. The Hall–Kier alpha value is -3.28. The summed E-state index contributed by atoms with van der Waals surface area (Å²) in [7, 11) is 2.75. The third-order valence-electron chi connectivity index (χ3n) is 5.07. The van der Waals surface area contributed by atoms with E-state index in [0.29, 0.717) is 23.7 Å². The highest BCUT2D eigenvalue weighted by Crippen LogP contribution is 2.35. The predicted molar refractivity (Wildman–Crippen MR) is 118 cm³/mol. The highest BCUT2D eigenvalue weighted by atomic mass is 16.5. The SMILES string of the molecule is COC(=O)C(CC=C(C)C)(Cc1ccc(OC)c(OCCc2ccccc2)c1)C(=O)O. The number of benzene rings is 2. The van der Waals surface area contributed by atoms with E-state index in [9.17, 15) is 14.7 Å². The smallest absolute Gasteiger partial charge is 0.323 e. The highest BCUT2D eigenvalue weighted by molar-refractivity contribution is 5.99. The molecule has 0 heterocycles. The molecule has 1 unspecified atom stereocenters. The van der Waals surface area contributed by atoms with E-state index in [1.165, 1.54) is 7.11 Å². The number of carboxylic acids is 1. The third-order valence-corrected chi connectivity index (χ3v) is 5.07. The largest absolute Gasteiger partial charge is 0.493 e. The van der Waals surface area contributed by atoms with Crippen LogP contribution >= 0.6 is 0 Å². The van der Waals surface area contributed by atoms with Crippen molar-refractivity contribution < 1.29 is 28.9 Å². The van der Waals surface area contributed by atoms with Gasteiger partial charge in [-0.05, 0) is 49.9 Å². The minimum atomic E-state index is -1.72. The van der Waals surface area contributed by atoms with Crippen molar-refractivity contribution in [3.05, 3.63) is 71.3 Å². The van der Waals surface area contributed by atoms with Crippen LogP contribution in [0.4, 0.5) is 0 Å². The molecule has 0 saturated carbocycles. The first-order valence-corrected chi connectivity index (χ1v) is 10.1. The molecule has 1 N–H and O–H groups in total. The van der Waals surface area contributed by atoms with Gasteiger partial charge in [-0.1, -0.05) is 48.0 Å². The maximum Gasteiger partial charge on any atom is 0.323 e. The molecule has 0 spiro atoms. The van der Waals surface area contributed by atoms with E-state index in [-0.39, 0.29) is 12.8 Å². The monoisotopic (exact) mass is 426 g/mol. The van der Waals surface area contributed by atoms with Crippen LogP contribution in [0.5, 0.6) is 11.5 Å². The molecule has 0 aliphatic carbocycles. The van der Waals surface area contributed by atoms with Crippen LogP contribution in [0.1, 0.15) is 31.4 Å². The number of carbonyl (C=O) groups excluding carboxylic acids is 1. The van der Waals surface area contributed by atoms with Crippen molar-refractivity contribution in [2.75, 3.05) is 20.8 Å². The van der Waals surface area contributed by atoms with Crippen molar-refractivity contribution in [1.29, 1.82) is 0 Å². The lowest BCUT2D eigenvalue weighted by molar-refractivity contribution is -0.166. The van der Waals surface area contributed by atoms with Gasteiger partial charge in [-0.2, -0.15) is 0 Å². The maximum absolute atomic E-state index is 12.5. The highest BCUT2D eigenvalue weighted by Gasteiger charge is 2.46. The van der Waals surface area contributed by atoms with Gasteiger partial charge in [0, 0.05) is 6.42 Å². The first-order chi connectivity index (χ1) is 14.8. The molecule has 0 aliphatic heterocycles. The molecule has 1 atom stereocenters. The van der Waals surface area contributed by atoms with Crippen molar-refractivity contribution in [2.24, 2.45) is 5.41 Å². The lowest BCUT2D eigenvalue weighted by Crippen LogP contribution is -2.42. The van der Waals surface area contributed by atoms with Gasteiger partial charge in [0.1, 0.15) is 0 Å². The Balaban J connectivity index is 2.28. The second-order valence-electron chi connectivity index (χ2n) is 7.61. The number of rotatable bonds is 11. The van der Waals surface area contributed by atoms with E-state index < -0.39 is 17.4 Å². The average Bonchev–Trinajstić information content (AvgIpc) is 2.76. The van der Waals surface area contributed by atoms with Crippen LogP contribution in [0.25, 0.3) is 0 Å². The predicted octanol–water partition coefficient (Wildman–Crippen LogP) is 4.46. The topological polar surface area (TPSA) is 82.1 Å². The number of carboxylic acid groups (broad SMARTS) is 1. The molecule has 0 radical (unpaired) electrons. The number of methoxy groups -OCH3 is 2. The fourth-order valence-corrected chi connectivity index (χ4v) is 3.27. The summed E-state index contributed by atoms with van der Waals surface area (Å²) >= 11 is 0. The molecule has 6 nitrogen and oxygen atoms in total. The van der Waals surface area contributed by atoms with Gasteiger partial charge in [0.25, 0.3) is 0 Å². The molecule has 0 saturated heterocycles. The van der Waals surface area contributed by atoms with E-state index in [2.05, 4.69) is 0 Å². The van der Waals surface area contributed by atoms with Crippen LogP contribution in [-0.2, 0) is 27.2 Å². The summed E-state index contributed by atoms with van der Waals surface area (Å²) in [4.78, 5) is 24.7. The number of allylic oxidation sites excluding steroid dienone is 2. The van der Waals surface area contributed by atoms with E-state index in [1.807, 2.05) is 44.2 Å². The molecular formula is C25H30O6. The molecule has 166 valence electrons. The van der Waals surface area contributed by atoms with Crippen molar-refractivity contribution in [3.8, 4) is 11.5 Å². The number of hydrogen-bond donors (Lipinski definition) is 1. The van der Waals surface area contributed by atoms with Gasteiger partial charge in [0.2, 0.25) is 0 Å². The van der Waals surface area contributed by atoms with Crippen molar-refractivity contribution >= 4 is 11.9 Å². The molecule has 31 heavy (non-hydrogen) atoms. The summed E-state index contributed by atoms with van der Waals surface area (Å²) < 4.78 is 16.2. The van der Waals surface area contributed by atoms with Crippen molar-refractivity contribution in [1.82, 2.24) is 0 Å². The van der Waals surface area contributed by atoms with E-state index in [4.69, 9.17) is 14.2 Å². The van der Waals surface area contributed by atoms with Crippen LogP contribution < -0.4 is 9.47 Å². The van der Waals surface area contributed by atoms with Crippen LogP contribution in [0.3, 0.4) is 0 Å². The number of aliphatic carboxylic acids is 1. The number of hydrogen-bond acceptors (Lipinski definition) is 5. The van der Waals surface area contributed by atoms with Gasteiger partial charge in [-0.15, -0.1) is 0 Å². The van der Waals surface area contributed by atoms with Crippen LogP contribution in [0.15, 0.2) is 60.2 Å². The zero-order valence-corrected chi connectivity index (χ0v) is 18.5. The van der Waals surface area contributed by atoms with Gasteiger partial charge in [0.15, 0.2) is 16.9 Å². The van der Waals surface area contributed by atoms with E-state index in [1.54, 1.807) is 31.4 Å². The van der Waals surface area contributed by atoms with Gasteiger partial charge in [0.05, 0.1) is 20.8 Å². The van der Waals surface area contributed by atoms with E-state index in [0.717, 1.165) is 17.6 Å². The second-order valence-corrected chi connectivity index (χ2v) is 7.61. The molecule has 0 fully saturated rings. The Morgan fingerprint density at radius 1 is 1.00 bits per heavy atom. The van der Waals surface area contributed by atoms with Crippen LogP contribution in [0.2, 0.25) is 0 Å². The van der Waals surface area contributed by atoms with Crippen LogP contribution in [0, 0.1) is 5.41 Å². The summed E-state index contributed by atoms with van der Waals surface area (Å²) in [5.74, 6) is -0.957. The molecule has 0 amide bonds. The number of carbonyl (C=O) groups is 2. The minimum Gasteiger partial charge on any atom is -0.493 e. The molecule has 0 bridgehead atoms. The summed E-state index contributed by atoms with van der Waals surface area (Å²) in [6.45, 7) is 4.15. The summed E-state index contributed by atoms with van der Waals surface area (Å²) in [5, 5.41) is 9.95. The van der Waals surface area contributed by atoms with E-state index >= 15 is 0 Å². The Labute approximate surface area is 183 Å². The van der Waals surface area contributed by atoms with Crippen LogP contribution in [-0.4, -0.2) is 37.9 Å². The quantitative estimate of drug-likeness (QED) is 0.325. The normalized spacial score (nSPS) is 12.4. The zero-order chi connectivity index (χ0) is 22.9. The Morgan fingerprint density at radius 3 is 2.29 bits per heavy atom. The molecule has 6 heteroatoms. The standard InChI is InChI=1S/C25H30O6/c1-18(2)12-14-25(23(26)27,24(28)30-4)17-20-10-11-21(29-3)22(16-20)31-15-13-19-8-6-5-7-9-19/h5-12,16H,13-15,17H2,1-4H3,(H,26,27). The third kappa shape index (κ3) is 6.35. The summed E-state index contributed by atoms with van der Waals surface area (Å²) in [6, 6.07) is 15.2. The molecule has 2 rings (SSSR count). The Kier molecular flexibility index (Phi) is 8.67. The minimum absolute atomic E-state index is 0.0299. The second kappa shape index (κ2) is 11.2. The molecule has 0 aliphatic rings. The molecule has 2 aromatic carbocycles. The number of esters is 1. The first kappa shape index (κ1) is 24.0. The summed E-state index contributed by atoms with van der Waals surface area (Å²) in [5.41, 5.74) is 0.997. The summed E-state index contributed by atoms with van der Waals surface area (Å²) in [6.07, 6.45) is 2.47. The average molecular weight is 427 g/mol. The van der Waals surface area contributed by atoms with Gasteiger partial charge >= 0.3 is 11.9 Å². The molecule has 2 aromatic rings. The lowest BCUT2D eigenvalue weighted by atomic mass is 9.78. The molecule has 0 aromatic heterocycles. The maximum atomic E-state index is 12.5.